The van der Waals surface area contributed by atoms with E-state index in [0.29, 0.717) is 17.3 Å². The molecule has 4 nitrogen and oxygen atoms in total. The lowest BCUT2D eigenvalue weighted by Gasteiger charge is -2.33. The van der Waals surface area contributed by atoms with E-state index in [-0.39, 0.29) is 11.7 Å². The Bertz CT molecular complexity index is 833. The van der Waals surface area contributed by atoms with Crippen LogP contribution in [0.5, 0.6) is 0 Å². The summed E-state index contributed by atoms with van der Waals surface area (Å²) in [5, 5.41) is 2.17. The van der Waals surface area contributed by atoms with E-state index in [1.165, 1.54) is 46.9 Å². The van der Waals surface area contributed by atoms with E-state index >= 15 is 0 Å². The lowest BCUT2D eigenvalue weighted by atomic mass is 9.72. The number of thioether (sulfide) groups is 1. The number of rotatable bonds is 4. The van der Waals surface area contributed by atoms with Gasteiger partial charge in [-0.2, -0.15) is 0 Å². The van der Waals surface area contributed by atoms with Gasteiger partial charge < -0.3 is 5.73 Å². The normalized spacial score (nSPS) is 20.7. The van der Waals surface area contributed by atoms with Gasteiger partial charge in [0.05, 0.1) is 5.75 Å². The minimum Gasteiger partial charge on any atom is -0.369 e. The van der Waals surface area contributed by atoms with E-state index in [4.69, 9.17) is 15.7 Å². The molecule has 0 bridgehead atoms. The van der Waals surface area contributed by atoms with Crippen LogP contribution in [0.4, 0.5) is 0 Å². The summed E-state index contributed by atoms with van der Waals surface area (Å²) in [7, 11) is 0. The first kappa shape index (κ1) is 17.3. The average molecular weight is 376 g/mol. The van der Waals surface area contributed by atoms with Crippen molar-refractivity contribution in [1.29, 1.82) is 0 Å². The van der Waals surface area contributed by atoms with Gasteiger partial charge in [0.1, 0.15) is 15.7 Å². The van der Waals surface area contributed by atoms with Crippen molar-refractivity contribution >= 4 is 39.2 Å². The van der Waals surface area contributed by atoms with E-state index in [1.807, 2.05) is 11.3 Å². The molecule has 2 aliphatic carbocycles. The van der Waals surface area contributed by atoms with Crippen molar-refractivity contribution in [2.24, 2.45) is 17.1 Å². The van der Waals surface area contributed by atoms with Crippen LogP contribution in [0.25, 0.3) is 10.2 Å². The van der Waals surface area contributed by atoms with Gasteiger partial charge in [0.15, 0.2) is 0 Å². The third-order valence-corrected chi connectivity index (χ3v) is 7.56. The molecule has 6 heteroatoms. The highest BCUT2D eigenvalue weighted by molar-refractivity contribution is 8.00. The summed E-state index contributed by atoms with van der Waals surface area (Å²) in [5.41, 5.74) is 7.13. The third kappa shape index (κ3) is 3.43. The van der Waals surface area contributed by atoms with Crippen molar-refractivity contribution in [3.63, 3.8) is 0 Å². The van der Waals surface area contributed by atoms with Crippen molar-refractivity contribution in [3.05, 3.63) is 16.3 Å². The monoisotopic (exact) mass is 375 g/mol. The van der Waals surface area contributed by atoms with Gasteiger partial charge in [-0.3, -0.25) is 4.79 Å². The molecular weight excluding hydrogens is 350 g/mol. The summed E-state index contributed by atoms with van der Waals surface area (Å²) >= 11 is 3.33. The number of thiophene rings is 1. The summed E-state index contributed by atoms with van der Waals surface area (Å²) < 4.78 is 0. The minimum atomic E-state index is -0.290. The molecule has 1 saturated carbocycles. The highest BCUT2D eigenvalue weighted by Gasteiger charge is 2.33. The summed E-state index contributed by atoms with van der Waals surface area (Å²) in [6, 6.07) is 0. The maximum absolute atomic E-state index is 11.3. The van der Waals surface area contributed by atoms with Crippen LogP contribution in [0.2, 0.25) is 0 Å². The van der Waals surface area contributed by atoms with Gasteiger partial charge in [-0.15, -0.1) is 11.3 Å². The maximum atomic E-state index is 11.3. The Morgan fingerprint density at radius 2 is 2.04 bits per heavy atom. The number of nitrogens with zero attached hydrogens (tertiary/aromatic N) is 2. The highest BCUT2D eigenvalue weighted by Crippen LogP contribution is 2.46. The zero-order valence-electron chi connectivity index (χ0n) is 15.1. The molecule has 2 heterocycles. The van der Waals surface area contributed by atoms with Crippen LogP contribution in [0.3, 0.4) is 0 Å². The number of aryl methyl sites for hydroxylation is 1. The molecule has 1 fully saturated rings. The van der Waals surface area contributed by atoms with Crippen LogP contribution in [-0.4, -0.2) is 21.6 Å². The molecule has 0 aliphatic heterocycles. The van der Waals surface area contributed by atoms with E-state index in [2.05, 4.69) is 20.8 Å². The number of primary amides is 1. The Balaban J connectivity index is 1.77. The van der Waals surface area contributed by atoms with Gasteiger partial charge in [0.2, 0.25) is 5.91 Å². The van der Waals surface area contributed by atoms with Gasteiger partial charge >= 0.3 is 0 Å². The molecule has 2 aromatic rings. The molecule has 2 N–H and O–H groups in total. The zero-order valence-corrected chi connectivity index (χ0v) is 16.7. The second-order valence-electron chi connectivity index (χ2n) is 8.41. The second-order valence-corrected chi connectivity index (χ2v) is 10.5. The first-order valence-electron chi connectivity index (χ1n) is 9.06. The minimum absolute atomic E-state index is 0.283. The molecule has 0 unspecified atom stereocenters. The molecule has 1 amide bonds. The number of carbonyl (C=O) groups excluding carboxylic acids is 1. The second kappa shape index (κ2) is 6.23. The standard InChI is InChI=1S/C19H25N3OS2/c1-19(2,3)11-6-7-12-13(8-11)25-18-15(12)17(24-9-14(20)23)21-16(22-18)10-4-5-10/h10-11H,4-9H2,1-3H3,(H2,20,23)/t11-/m1/s1. The van der Waals surface area contributed by atoms with Crippen molar-refractivity contribution in [2.75, 3.05) is 5.75 Å². The van der Waals surface area contributed by atoms with Gasteiger partial charge in [-0.05, 0) is 49.0 Å². The molecule has 0 radical (unpaired) electrons. The number of carbonyl (C=O) groups is 1. The fraction of sp³-hybridized carbons (Fsp3) is 0.632. The molecule has 0 saturated heterocycles. The van der Waals surface area contributed by atoms with Gasteiger partial charge in [-0.25, -0.2) is 9.97 Å². The number of hydrogen-bond donors (Lipinski definition) is 1. The van der Waals surface area contributed by atoms with Crippen molar-refractivity contribution in [3.8, 4) is 0 Å². The van der Waals surface area contributed by atoms with Crippen molar-refractivity contribution < 1.29 is 4.79 Å². The summed E-state index contributed by atoms with van der Waals surface area (Å²) in [6.45, 7) is 7.03. The number of hydrogen-bond acceptors (Lipinski definition) is 5. The first-order valence-corrected chi connectivity index (χ1v) is 10.9. The molecule has 0 spiro atoms. The van der Waals surface area contributed by atoms with Crippen LogP contribution >= 0.6 is 23.1 Å². The smallest absolute Gasteiger partial charge is 0.227 e. The maximum Gasteiger partial charge on any atom is 0.227 e. The lowest BCUT2D eigenvalue weighted by molar-refractivity contribution is -0.115. The van der Waals surface area contributed by atoms with Gasteiger partial charge in [-0.1, -0.05) is 32.5 Å². The van der Waals surface area contributed by atoms with Crippen LogP contribution < -0.4 is 5.73 Å². The first-order chi connectivity index (χ1) is 11.8. The number of fused-ring (bicyclic) bond motifs is 3. The van der Waals surface area contributed by atoms with E-state index in [0.717, 1.165) is 28.5 Å². The molecule has 4 rings (SSSR count). The van der Waals surface area contributed by atoms with Crippen LogP contribution in [0.1, 0.15) is 62.2 Å². The van der Waals surface area contributed by atoms with Gasteiger partial charge in [0, 0.05) is 16.2 Å². The van der Waals surface area contributed by atoms with E-state index in [1.54, 1.807) is 0 Å². The fourth-order valence-corrected chi connectivity index (χ4v) is 5.84. The molecule has 2 aromatic heterocycles. The summed E-state index contributed by atoms with van der Waals surface area (Å²) in [6.07, 6.45) is 5.81. The predicted octanol–water partition coefficient (Wildman–Crippen LogP) is 4.30. The number of nitrogens with two attached hydrogens (primary N) is 1. The molecule has 1 atom stereocenters. The molecule has 25 heavy (non-hydrogen) atoms. The van der Waals surface area contributed by atoms with E-state index < -0.39 is 0 Å². The molecule has 0 aromatic carbocycles. The van der Waals surface area contributed by atoms with Crippen LogP contribution in [0, 0.1) is 11.3 Å². The van der Waals surface area contributed by atoms with Crippen molar-refractivity contribution in [2.45, 2.75) is 63.8 Å². The SMILES string of the molecule is CC(C)(C)[C@@H]1CCc2c(sc3nc(C4CC4)nc(SCC(N)=O)c23)C1. The van der Waals surface area contributed by atoms with E-state index in [9.17, 15) is 4.79 Å². The topological polar surface area (TPSA) is 68.9 Å². The Hall–Kier alpha value is -1.14. The van der Waals surface area contributed by atoms with Crippen LogP contribution in [-0.2, 0) is 17.6 Å². The quantitative estimate of drug-likeness (QED) is 0.639. The molecule has 2 aliphatic rings. The Morgan fingerprint density at radius 1 is 1.28 bits per heavy atom. The predicted molar refractivity (Wildman–Crippen MR) is 104 cm³/mol. The average Bonchev–Trinajstić information content (AvgIpc) is 3.31. The molecular formula is C19H25N3OS2. The highest BCUT2D eigenvalue weighted by atomic mass is 32.2. The Labute approximate surface area is 157 Å². The number of aromatic nitrogens is 2. The molecule has 134 valence electrons. The zero-order chi connectivity index (χ0) is 17.8. The van der Waals surface area contributed by atoms with Gasteiger partial charge in [0.25, 0.3) is 0 Å². The summed E-state index contributed by atoms with van der Waals surface area (Å²) in [5.74, 6) is 2.18. The summed E-state index contributed by atoms with van der Waals surface area (Å²) in [4.78, 5) is 23.6. The third-order valence-electron chi connectivity index (χ3n) is 5.41. The fourth-order valence-electron chi connectivity index (χ4n) is 3.67. The number of amides is 1. The van der Waals surface area contributed by atoms with Crippen molar-refractivity contribution in [1.82, 2.24) is 9.97 Å². The van der Waals surface area contributed by atoms with Crippen LogP contribution in [0.15, 0.2) is 5.03 Å². The Kier molecular flexibility index (Phi) is 4.31. The lowest BCUT2D eigenvalue weighted by Crippen LogP contribution is -2.26. The largest absolute Gasteiger partial charge is 0.369 e. The Morgan fingerprint density at radius 3 is 2.68 bits per heavy atom.